The van der Waals surface area contributed by atoms with Crippen LogP contribution < -0.4 is 0 Å². The van der Waals surface area contributed by atoms with Crippen LogP contribution in [0.5, 0.6) is 0 Å². The van der Waals surface area contributed by atoms with Gasteiger partial charge in [0.1, 0.15) is 37.0 Å². The van der Waals surface area contributed by atoms with E-state index in [1.165, 1.54) is 35.7 Å². The Morgan fingerprint density at radius 1 is 0.198 bits per heavy atom. The Balaban J connectivity index is -0.000000125. The highest BCUT2D eigenvalue weighted by molar-refractivity contribution is 5.18. The van der Waals surface area contributed by atoms with Gasteiger partial charge in [-0.3, -0.25) is 24.9 Å². The molecule has 10 heterocycles. The second-order valence-corrected chi connectivity index (χ2v) is 30.8. The van der Waals surface area contributed by atoms with Gasteiger partial charge in [0.15, 0.2) is 5.82 Å². The van der Waals surface area contributed by atoms with Gasteiger partial charge in [-0.1, -0.05) is 382 Å². The van der Waals surface area contributed by atoms with Gasteiger partial charge >= 0.3 is 0 Å². The molecule has 0 aliphatic carbocycles. The van der Waals surface area contributed by atoms with E-state index in [-0.39, 0.29) is 27.1 Å². The van der Waals surface area contributed by atoms with Crippen LogP contribution in [0.1, 0.15) is 437 Å². The molecule has 20 heteroatoms. The summed E-state index contributed by atoms with van der Waals surface area (Å²) in [4.78, 5) is 56.3. The first-order valence-electron chi connectivity index (χ1n) is 46.6. The van der Waals surface area contributed by atoms with E-state index in [2.05, 4.69) is 310 Å². The van der Waals surface area contributed by atoms with E-state index in [1.807, 2.05) is 252 Å². The van der Waals surface area contributed by atoms with E-state index in [4.69, 9.17) is 0 Å². The predicted molar refractivity (Wildman–Crippen MR) is 550 cm³/mol. The summed E-state index contributed by atoms with van der Waals surface area (Å²) in [6.07, 6.45) is 32.4. The summed E-state index contributed by atoms with van der Waals surface area (Å²) in [5.41, 5.74) is 9.96. The Hall–Kier alpha value is -9.98. The topological polar surface area (TPSA) is 258 Å². The second-order valence-electron chi connectivity index (χ2n) is 30.8. The van der Waals surface area contributed by atoms with Crippen molar-refractivity contribution in [1.82, 2.24) is 100 Å². The number of rotatable bonds is 6. The molecule has 0 radical (unpaired) electrons. The maximum atomic E-state index is 4.25. The molecular weight excluding hydrogens is 1550 g/mol. The Bertz CT molecular complexity index is 3140. The van der Waals surface area contributed by atoms with Gasteiger partial charge in [-0.25, -0.2) is 44.9 Å². The molecule has 0 aliphatic heterocycles. The third kappa shape index (κ3) is 83.6. The lowest BCUT2D eigenvalue weighted by Crippen LogP contribution is -2.14. The summed E-state index contributed by atoms with van der Waals surface area (Å²) < 4.78 is 0. The lowest BCUT2D eigenvalue weighted by atomic mass is 9.92. The van der Waals surface area contributed by atoms with Gasteiger partial charge in [-0.15, -0.1) is 10.2 Å². The lowest BCUT2D eigenvalue weighted by Gasteiger charge is -2.16. The number of hydrogen-bond donors (Lipinski definition) is 0. The summed E-state index contributed by atoms with van der Waals surface area (Å²) >= 11 is 0. The fourth-order valence-corrected chi connectivity index (χ4v) is 7.53. The van der Waals surface area contributed by atoms with Gasteiger partial charge in [-0.2, -0.15) is 20.4 Å². The zero-order chi connectivity index (χ0) is 100. The van der Waals surface area contributed by atoms with Crippen LogP contribution in [0, 0.1) is 0 Å². The van der Waals surface area contributed by atoms with Crippen molar-refractivity contribution in [2.24, 2.45) is 0 Å². The summed E-state index contributed by atoms with van der Waals surface area (Å²) in [5.74, 6) is 5.68. The zero-order valence-electron chi connectivity index (χ0n) is 89.6. The first kappa shape index (κ1) is 139. The monoisotopic (exact) mass is 1740 g/mol. The molecule has 0 aliphatic rings. The Morgan fingerprint density at radius 3 is 0.849 bits per heavy atom. The molecule has 0 spiro atoms. The number of pyridine rings is 3. The maximum Gasteiger partial charge on any atom is 0.153 e. The molecule has 126 heavy (non-hydrogen) atoms. The predicted octanol–water partition coefficient (Wildman–Crippen LogP) is 31.0. The minimum atomic E-state index is 0.0707. The SMILES string of the molecule is CC.CC.CC.CC.CC.CC.CC.CC.CC.CC.CC.CC(C)(C)c1ccccn1.CC(C)(C)c1ccncn1.CC(C)(C)c1cnccn1.CC(C)(C)c1cnncn1.CC(C)(C)c1ncccn1.CC(C)c1ccccc1.CC(C)c1cccnc1.CC(C)c1cccnn1.CC(C)c1ccncc1.CC(C)c1nccnn1.CC(C)c1ncncn1. The second kappa shape index (κ2) is 94.2. The number of aromatic nitrogens is 20. The Kier molecular flexibility index (Phi) is 104. The highest BCUT2D eigenvalue weighted by atomic mass is 15.1. The Morgan fingerprint density at radius 2 is 0.587 bits per heavy atom. The summed E-state index contributed by atoms with van der Waals surface area (Å²) in [7, 11) is 0. The van der Waals surface area contributed by atoms with Crippen LogP contribution in [-0.4, -0.2) is 100 Å². The van der Waals surface area contributed by atoms with Gasteiger partial charge in [-0.05, 0) is 95.0 Å². The molecule has 20 nitrogen and oxygen atoms in total. The number of nitrogens with zero attached hydrogens (tertiary/aromatic N) is 20. The quantitative estimate of drug-likeness (QED) is 0.150. The molecular formula is C106H188N20. The molecule has 11 rings (SSSR count). The molecule has 0 fully saturated rings. The van der Waals surface area contributed by atoms with Crippen molar-refractivity contribution in [3.63, 3.8) is 0 Å². The minimum absolute atomic E-state index is 0.0707. The van der Waals surface area contributed by atoms with Crippen LogP contribution in [0.2, 0.25) is 0 Å². The van der Waals surface area contributed by atoms with Crippen LogP contribution in [0.4, 0.5) is 0 Å². The van der Waals surface area contributed by atoms with Crippen molar-refractivity contribution >= 4 is 0 Å². The van der Waals surface area contributed by atoms with Crippen molar-refractivity contribution in [2.45, 2.75) is 402 Å². The van der Waals surface area contributed by atoms with Crippen molar-refractivity contribution < 1.29 is 0 Å². The molecule has 0 amide bonds. The maximum absolute atomic E-state index is 4.25. The van der Waals surface area contributed by atoms with Gasteiger partial charge in [0.05, 0.1) is 29.5 Å². The van der Waals surface area contributed by atoms with Gasteiger partial charge in [0, 0.05) is 131 Å². The van der Waals surface area contributed by atoms with E-state index < -0.39 is 0 Å². The average molecular weight is 1740 g/mol. The van der Waals surface area contributed by atoms with Crippen molar-refractivity contribution in [3.8, 4) is 0 Å². The summed E-state index contributed by atoms with van der Waals surface area (Å²) in [6, 6.07) is 32.4. The van der Waals surface area contributed by atoms with E-state index in [0.717, 1.165) is 45.9 Å². The number of hydrogen-bond acceptors (Lipinski definition) is 20. The highest BCUT2D eigenvalue weighted by Gasteiger charge is 2.18. The molecule has 0 saturated carbocycles. The van der Waals surface area contributed by atoms with Crippen LogP contribution in [0.25, 0.3) is 0 Å². The first-order chi connectivity index (χ1) is 59.9. The average Bonchev–Trinajstić information content (AvgIpc) is 0.891. The molecule has 0 atom stereocenters. The largest absolute Gasteiger partial charge is 0.265 e. The standard InChI is InChI=1S/C9H13N.C9H12.3C8H12N2.2C8H11N.C7H11N3.C7H10N2.2C6H9N3.11C2H6/c1-9(2,3)8-6-4-5-7-10-8;1-8(2)9-6-4-3-5-7-9;1-8(2,3)7-6-9-4-5-10-7;1-8(2,3)7-4-5-9-6-10-7;1-8(2,3)7-9-5-4-6-10-7;1-7(2)8-3-5-9-6-4-8;1-7(2)8-4-3-5-9-6-8;1-7(2,3)6-4-9-10-5-8-6;1-6(2)7-4-3-5-8-9-7;1-5(2)6-8-3-7-4-9-6;1-5(2)6-7-3-4-8-9-6;11*1-2/h4-7H,1-3H3;3-8H,1-2H3;3*4-6H,1-3H3;2*3-7H,1-2H3;4-5H,1-3H3;3-6H,1-2H3;2*3-5H,1-2H3;11*1-2H3. The first-order valence-corrected chi connectivity index (χ1v) is 46.6. The zero-order valence-corrected chi connectivity index (χ0v) is 89.6. The normalized spacial score (nSPS) is 9.42. The van der Waals surface area contributed by atoms with Crippen molar-refractivity contribution in [3.05, 3.63) is 278 Å². The fraction of sp³-hybridized carbons (Fsp3) is 0.566. The van der Waals surface area contributed by atoms with Crippen molar-refractivity contribution in [2.75, 3.05) is 0 Å². The molecule has 10 aromatic heterocycles. The Labute approximate surface area is 775 Å². The van der Waals surface area contributed by atoms with Gasteiger partial charge < -0.3 is 0 Å². The molecule has 712 valence electrons. The minimum Gasteiger partial charge on any atom is -0.265 e. The third-order valence-electron chi connectivity index (χ3n) is 14.0. The fourth-order valence-electron chi connectivity index (χ4n) is 7.53. The highest BCUT2D eigenvalue weighted by Crippen LogP contribution is 2.22. The third-order valence-corrected chi connectivity index (χ3v) is 14.0. The summed E-state index contributed by atoms with van der Waals surface area (Å²) in [5, 5.41) is 22.5. The smallest absolute Gasteiger partial charge is 0.153 e. The van der Waals surface area contributed by atoms with E-state index in [0.29, 0.717) is 35.5 Å². The molecule has 1 aromatic carbocycles. The van der Waals surface area contributed by atoms with Crippen LogP contribution >= 0.6 is 0 Å². The lowest BCUT2D eigenvalue weighted by molar-refractivity contribution is 0.545. The molecule has 0 bridgehead atoms. The van der Waals surface area contributed by atoms with Crippen LogP contribution in [0.15, 0.2) is 215 Å². The van der Waals surface area contributed by atoms with Gasteiger partial charge in [0.25, 0.3) is 0 Å². The molecule has 0 N–H and O–H groups in total. The summed E-state index contributed by atoms with van der Waals surface area (Å²) in [6.45, 7) is 101. The van der Waals surface area contributed by atoms with Crippen molar-refractivity contribution in [1.29, 1.82) is 0 Å². The van der Waals surface area contributed by atoms with Gasteiger partial charge in [0.2, 0.25) is 0 Å². The molecule has 0 unspecified atom stereocenters. The van der Waals surface area contributed by atoms with E-state index in [1.54, 1.807) is 74.5 Å². The van der Waals surface area contributed by atoms with E-state index in [9.17, 15) is 0 Å². The van der Waals surface area contributed by atoms with Crippen LogP contribution in [-0.2, 0) is 27.1 Å². The van der Waals surface area contributed by atoms with Crippen LogP contribution in [0.3, 0.4) is 0 Å². The van der Waals surface area contributed by atoms with E-state index >= 15 is 0 Å². The molecule has 0 saturated heterocycles. The molecule has 11 aromatic rings. The number of benzene rings is 1.